The number of hydrazone groups is 1. The molecule has 136 valence electrons. The van der Waals surface area contributed by atoms with Crippen molar-refractivity contribution >= 4 is 33.7 Å². The second-order valence-corrected chi connectivity index (χ2v) is 6.34. The Kier molecular flexibility index (Phi) is 6.29. The maximum absolute atomic E-state index is 11.8. The number of ether oxygens (including phenoxy) is 1. The molecular weight excluding hydrogens is 406 g/mol. The highest BCUT2D eigenvalue weighted by molar-refractivity contribution is 9.10. The fraction of sp³-hybridized carbons (Fsp3) is 0.176. The van der Waals surface area contributed by atoms with E-state index in [2.05, 4.69) is 26.5 Å². The number of nitro groups is 1. The number of amides is 1. The normalized spacial score (nSPS) is 10.7. The molecule has 0 aliphatic heterocycles. The highest BCUT2D eigenvalue weighted by atomic mass is 79.9. The smallest absolute Gasteiger partial charge is 0.311 e. The van der Waals surface area contributed by atoms with Crippen LogP contribution in [0.2, 0.25) is 0 Å². The van der Waals surface area contributed by atoms with Crippen LogP contribution in [0, 0.1) is 24.0 Å². The number of aromatic hydroxyl groups is 1. The van der Waals surface area contributed by atoms with Crippen molar-refractivity contribution in [2.24, 2.45) is 5.10 Å². The number of carbonyl (C=O) groups excluding carboxylic acids is 1. The lowest BCUT2D eigenvalue weighted by molar-refractivity contribution is -0.385. The van der Waals surface area contributed by atoms with Gasteiger partial charge in [0.05, 0.1) is 11.1 Å². The van der Waals surface area contributed by atoms with Crippen LogP contribution in [-0.4, -0.2) is 28.8 Å². The van der Waals surface area contributed by atoms with E-state index in [0.29, 0.717) is 5.75 Å². The van der Waals surface area contributed by atoms with Crippen molar-refractivity contribution in [1.29, 1.82) is 0 Å². The summed E-state index contributed by atoms with van der Waals surface area (Å²) in [4.78, 5) is 21.9. The quantitative estimate of drug-likeness (QED) is 0.422. The van der Waals surface area contributed by atoms with Gasteiger partial charge in [-0.25, -0.2) is 5.43 Å². The van der Waals surface area contributed by atoms with Crippen molar-refractivity contribution in [2.75, 3.05) is 6.61 Å². The molecule has 0 saturated carbocycles. The molecule has 0 aliphatic carbocycles. The van der Waals surface area contributed by atoms with Gasteiger partial charge in [-0.15, -0.1) is 0 Å². The molecule has 2 rings (SSSR count). The number of hydrogen-bond donors (Lipinski definition) is 2. The fourth-order valence-electron chi connectivity index (χ4n) is 2.27. The maximum atomic E-state index is 11.8. The highest BCUT2D eigenvalue weighted by Crippen LogP contribution is 2.28. The summed E-state index contributed by atoms with van der Waals surface area (Å²) in [5.41, 5.74) is 3.68. The first-order valence-electron chi connectivity index (χ1n) is 7.47. The predicted molar refractivity (Wildman–Crippen MR) is 99.6 cm³/mol. The Balaban J connectivity index is 1.97. The predicted octanol–water partition coefficient (Wildman–Crippen LogP) is 3.21. The van der Waals surface area contributed by atoms with Gasteiger partial charge in [0.25, 0.3) is 5.91 Å². The second-order valence-electron chi connectivity index (χ2n) is 5.42. The summed E-state index contributed by atoms with van der Waals surface area (Å²) in [5, 5.41) is 24.2. The number of halogens is 1. The molecule has 0 bridgehead atoms. The summed E-state index contributed by atoms with van der Waals surface area (Å²) in [6, 6.07) is 7.77. The highest BCUT2D eigenvalue weighted by Gasteiger charge is 2.15. The Morgan fingerprint density at radius 2 is 2.04 bits per heavy atom. The van der Waals surface area contributed by atoms with E-state index in [0.717, 1.165) is 21.8 Å². The van der Waals surface area contributed by atoms with Gasteiger partial charge in [-0.2, -0.15) is 5.10 Å². The van der Waals surface area contributed by atoms with Crippen molar-refractivity contribution in [2.45, 2.75) is 13.8 Å². The minimum Gasteiger partial charge on any atom is -0.502 e. The topological polar surface area (TPSA) is 114 Å². The van der Waals surface area contributed by atoms with Crippen molar-refractivity contribution in [1.82, 2.24) is 5.43 Å². The monoisotopic (exact) mass is 421 g/mol. The van der Waals surface area contributed by atoms with Crippen LogP contribution >= 0.6 is 15.9 Å². The number of para-hydroxylation sites is 1. The third kappa shape index (κ3) is 4.79. The van der Waals surface area contributed by atoms with Gasteiger partial charge in [-0.05, 0) is 43.2 Å². The van der Waals surface area contributed by atoms with Crippen LogP contribution in [-0.2, 0) is 4.79 Å². The molecule has 2 N–H and O–H groups in total. The zero-order valence-corrected chi connectivity index (χ0v) is 15.6. The fourth-order valence-corrected chi connectivity index (χ4v) is 2.96. The largest absolute Gasteiger partial charge is 0.502 e. The van der Waals surface area contributed by atoms with Gasteiger partial charge < -0.3 is 9.84 Å². The van der Waals surface area contributed by atoms with Gasteiger partial charge in [0, 0.05) is 16.1 Å². The first kappa shape index (κ1) is 19.4. The number of aryl methyl sites for hydroxylation is 2. The van der Waals surface area contributed by atoms with Gasteiger partial charge in [0.1, 0.15) is 5.75 Å². The van der Waals surface area contributed by atoms with Crippen molar-refractivity contribution in [3.63, 3.8) is 0 Å². The number of hydrogen-bond acceptors (Lipinski definition) is 6. The van der Waals surface area contributed by atoms with E-state index in [4.69, 9.17) is 4.74 Å². The lowest BCUT2D eigenvalue weighted by Crippen LogP contribution is -2.25. The standard InChI is InChI=1S/C17H16BrN3O5/c1-10-6-13(18)7-11(2)17(10)26-9-15(22)20-19-8-12-4-3-5-14(16(12)23)21(24)25/h3-8,23H,9H2,1-2H3,(H,20,22)/b19-8+. The van der Waals surface area contributed by atoms with Crippen molar-refractivity contribution in [3.05, 3.63) is 61.6 Å². The lowest BCUT2D eigenvalue weighted by atomic mass is 10.1. The van der Waals surface area contributed by atoms with Gasteiger partial charge in [0.15, 0.2) is 6.61 Å². The molecule has 2 aromatic carbocycles. The number of benzene rings is 2. The Labute approximate surface area is 157 Å². The average Bonchev–Trinajstić information content (AvgIpc) is 2.55. The van der Waals surface area contributed by atoms with Crippen LogP contribution in [0.5, 0.6) is 11.5 Å². The van der Waals surface area contributed by atoms with Crippen LogP contribution in [0.25, 0.3) is 0 Å². The molecule has 2 aromatic rings. The Hall–Kier alpha value is -2.94. The van der Waals surface area contributed by atoms with Crippen molar-refractivity contribution in [3.8, 4) is 11.5 Å². The van der Waals surface area contributed by atoms with E-state index in [9.17, 15) is 20.0 Å². The van der Waals surface area contributed by atoms with Crippen molar-refractivity contribution < 1.29 is 19.6 Å². The molecule has 0 spiro atoms. The number of nitro benzene ring substituents is 1. The number of rotatable bonds is 6. The molecule has 0 saturated heterocycles. The van der Waals surface area contributed by atoms with Gasteiger partial charge >= 0.3 is 5.69 Å². The summed E-state index contributed by atoms with van der Waals surface area (Å²) in [5.74, 6) is -0.413. The van der Waals surface area contributed by atoms with Gasteiger partial charge in [0.2, 0.25) is 5.75 Å². The van der Waals surface area contributed by atoms with E-state index in [-0.39, 0.29) is 12.2 Å². The number of nitrogens with zero attached hydrogens (tertiary/aromatic N) is 2. The molecule has 0 radical (unpaired) electrons. The Morgan fingerprint density at radius 3 is 2.65 bits per heavy atom. The average molecular weight is 422 g/mol. The Bertz CT molecular complexity index is 860. The Morgan fingerprint density at radius 1 is 1.38 bits per heavy atom. The van der Waals surface area contributed by atoms with Gasteiger partial charge in [-0.3, -0.25) is 14.9 Å². The molecule has 0 fully saturated rings. The zero-order valence-electron chi connectivity index (χ0n) is 14.0. The van der Waals surface area contributed by atoms with E-state index in [1.807, 2.05) is 26.0 Å². The van der Waals surface area contributed by atoms with Crippen LogP contribution in [0.1, 0.15) is 16.7 Å². The van der Waals surface area contributed by atoms with E-state index in [1.165, 1.54) is 18.2 Å². The molecular formula is C17H16BrN3O5. The zero-order chi connectivity index (χ0) is 19.3. The van der Waals surface area contributed by atoms with Crippen LogP contribution < -0.4 is 10.2 Å². The number of carbonyl (C=O) groups is 1. The molecule has 0 atom stereocenters. The molecule has 26 heavy (non-hydrogen) atoms. The summed E-state index contributed by atoms with van der Waals surface area (Å²) in [6.07, 6.45) is 1.12. The van der Waals surface area contributed by atoms with Crippen LogP contribution in [0.4, 0.5) is 5.69 Å². The van der Waals surface area contributed by atoms with Crippen LogP contribution in [0.15, 0.2) is 39.9 Å². The number of phenolic OH excluding ortho intramolecular Hbond substituents is 1. The number of phenols is 1. The molecule has 0 heterocycles. The minimum atomic E-state index is -0.706. The van der Waals surface area contributed by atoms with Crippen LogP contribution in [0.3, 0.4) is 0 Å². The summed E-state index contributed by atoms with van der Waals surface area (Å²) in [6.45, 7) is 3.49. The molecule has 1 amide bonds. The first-order chi connectivity index (χ1) is 12.3. The third-order valence-electron chi connectivity index (χ3n) is 3.41. The SMILES string of the molecule is Cc1cc(Br)cc(C)c1OCC(=O)N/N=C/c1cccc([N+](=O)[O-])c1O. The molecule has 0 aliphatic rings. The molecule has 9 heteroatoms. The van der Waals surface area contributed by atoms with E-state index in [1.54, 1.807) is 0 Å². The number of nitrogens with one attached hydrogen (secondary N) is 1. The molecule has 0 aromatic heterocycles. The minimum absolute atomic E-state index is 0.111. The lowest BCUT2D eigenvalue weighted by Gasteiger charge is -2.11. The summed E-state index contributed by atoms with van der Waals surface area (Å²) in [7, 11) is 0. The molecule has 8 nitrogen and oxygen atoms in total. The van der Waals surface area contributed by atoms with Gasteiger partial charge in [-0.1, -0.05) is 22.0 Å². The molecule has 0 unspecified atom stereocenters. The summed E-state index contributed by atoms with van der Waals surface area (Å²) < 4.78 is 6.44. The third-order valence-corrected chi connectivity index (χ3v) is 3.87. The second kappa shape index (κ2) is 8.43. The maximum Gasteiger partial charge on any atom is 0.311 e. The summed E-state index contributed by atoms with van der Waals surface area (Å²) >= 11 is 3.39. The first-order valence-corrected chi connectivity index (χ1v) is 8.26. The van der Waals surface area contributed by atoms with E-state index < -0.39 is 22.3 Å². The van der Waals surface area contributed by atoms with E-state index >= 15 is 0 Å².